The molecule has 0 radical (unpaired) electrons. The molecule has 3 aromatic carbocycles. The van der Waals surface area contributed by atoms with Crippen LogP contribution in [0.4, 0.5) is 0 Å². The zero-order chi connectivity index (χ0) is 18.9. The first-order valence-electron chi connectivity index (χ1n) is 8.84. The highest BCUT2D eigenvalue weighted by molar-refractivity contribution is 5.85. The Morgan fingerprint density at radius 1 is 0.926 bits per heavy atom. The number of rotatable bonds is 7. The summed E-state index contributed by atoms with van der Waals surface area (Å²) in [6.07, 6.45) is 1.90. The van der Waals surface area contributed by atoms with Crippen LogP contribution in [0.1, 0.15) is 22.3 Å². The van der Waals surface area contributed by atoms with Gasteiger partial charge in [-0.15, -0.1) is 0 Å². The third kappa shape index (κ3) is 5.82. The van der Waals surface area contributed by atoms with Crippen molar-refractivity contribution in [3.8, 4) is 5.75 Å². The molecule has 0 fully saturated rings. The first-order valence-corrected chi connectivity index (χ1v) is 8.84. The van der Waals surface area contributed by atoms with Crippen LogP contribution in [0.5, 0.6) is 5.75 Å². The van der Waals surface area contributed by atoms with Crippen LogP contribution in [0.15, 0.2) is 84.0 Å². The summed E-state index contributed by atoms with van der Waals surface area (Å²) in [5, 5.41) is 4.06. The number of para-hydroxylation sites is 1. The normalized spacial score (nSPS) is 10.7. The van der Waals surface area contributed by atoms with E-state index in [9.17, 15) is 4.79 Å². The Morgan fingerprint density at radius 2 is 1.63 bits per heavy atom. The van der Waals surface area contributed by atoms with E-state index in [1.165, 1.54) is 5.56 Å². The summed E-state index contributed by atoms with van der Waals surface area (Å²) < 4.78 is 5.91. The van der Waals surface area contributed by atoms with Crippen molar-refractivity contribution in [2.45, 2.75) is 20.0 Å². The van der Waals surface area contributed by atoms with Crippen LogP contribution in [0.3, 0.4) is 0 Å². The quantitative estimate of drug-likeness (QED) is 0.507. The fourth-order valence-electron chi connectivity index (χ4n) is 2.56. The Morgan fingerprint density at radius 3 is 2.41 bits per heavy atom. The lowest BCUT2D eigenvalue weighted by Crippen LogP contribution is -2.19. The van der Waals surface area contributed by atoms with Gasteiger partial charge in [-0.05, 0) is 30.2 Å². The molecule has 4 nitrogen and oxygen atoms in total. The molecule has 3 aromatic rings. The monoisotopic (exact) mass is 358 g/mol. The van der Waals surface area contributed by atoms with Gasteiger partial charge in [0.1, 0.15) is 12.4 Å². The predicted octanol–water partition coefficient (Wildman–Crippen LogP) is 4.27. The smallest absolute Gasteiger partial charge is 0.244 e. The first kappa shape index (κ1) is 18.4. The zero-order valence-electron chi connectivity index (χ0n) is 15.3. The second kappa shape index (κ2) is 9.34. The summed E-state index contributed by atoms with van der Waals surface area (Å²) in [7, 11) is 0. The Kier molecular flexibility index (Phi) is 6.36. The number of carbonyl (C=O) groups is 1. The van der Waals surface area contributed by atoms with E-state index in [0.717, 1.165) is 22.4 Å². The van der Waals surface area contributed by atoms with Gasteiger partial charge in [0.15, 0.2) is 0 Å². The minimum Gasteiger partial charge on any atom is -0.488 e. The van der Waals surface area contributed by atoms with E-state index in [1.54, 1.807) is 6.21 Å². The lowest BCUT2D eigenvalue weighted by Gasteiger charge is -2.09. The van der Waals surface area contributed by atoms with E-state index in [-0.39, 0.29) is 5.91 Å². The van der Waals surface area contributed by atoms with Crippen LogP contribution in [0.2, 0.25) is 0 Å². The maximum atomic E-state index is 12.0. The highest BCUT2D eigenvalue weighted by Gasteiger charge is 2.03. The molecule has 1 N–H and O–H groups in total. The molecular formula is C23H22N2O2. The topological polar surface area (TPSA) is 50.7 Å². The number of nitrogens with zero attached hydrogens (tertiary/aromatic N) is 1. The Hall–Kier alpha value is -3.40. The second-order valence-corrected chi connectivity index (χ2v) is 6.27. The van der Waals surface area contributed by atoms with Gasteiger partial charge >= 0.3 is 0 Å². The maximum absolute atomic E-state index is 12.0. The molecule has 0 aromatic heterocycles. The van der Waals surface area contributed by atoms with Crippen molar-refractivity contribution in [3.63, 3.8) is 0 Å². The molecule has 0 spiro atoms. The highest BCUT2D eigenvalue weighted by atomic mass is 16.5. The van der Waals surface area contributed by atoms with Crippen LogP contribution in [-0.2, 0) is 17.8 Å². The number of hydrazone groups is 1. The van der Waals surface area contributed by atoms with Gasteiger partial charge in [-0.2, -0.15) is 5.10 Å². The van der Waals surface area contributed by atoms with E-state index in [4.69, 9.17) is 4.74 Å². The zero-order valence-corrected chi connectivity index (χ0v) is 15.3. The van der Waals surface area contributed by atoms with Gasteiger partial charge in [0.25, 0.3) is 0 Å². The minimum absolute atomic E-state index is 0.157. The SMILES string of the molecule is Cc1ccc(COc2ccccc2/C=N\NC(=O)Cc2ccccc2)cc1. The molecular weight excluding hydrogens is 336 g/mol. The fraction of sp³-hybridized carbons (Fsp3) is 0.130. The molecule has 4 heteroatoms. The number of carbonyl (C=O) groups excluding carboxylic acids is 1. The molecule has 0 saturated carbocycles. The number of hydrogen-bond acceptors (Lipinski definition) is 3. The number of benzene rings is 3. The van der Waals surface area contributed by atoms with E-state index in [0.29, 0.717) is 13.0 Å². The molecule has 0 atom stereocenters. The predicted molar refractivity (Wildman–Crippen MR) is 108 cm³/mol. The summed E-state index contributed by atoms with van der Waals surface area (Å²) >= 11 is 0. The van der Waals surface area contributed by atoms with Crippen molar-refractivity contribution in [1.82, 2.24) is 5.43 Å². The summed E-state index contributed by atoms with van der Waals surface area (Å²) in [5.41, 5.74) is 6.64. The molecule has 0 bridgehead atoms. The maximum Gasteiger partial charge on any atom is 0.244 e. The first-order chi connectivity index (χ1) is 13.2. The molecule has 0 unspecified atom stereocenters. The van der Waals surface area contributed by atoms with Gasteiger partial charge in [-0.3, -0.25) is 4.79 Å². The minimum atomic E-state index is -0.157. The van der Waals surface area contributed by atoms with Crippen molar-refractivity contribution in [2.24, 2.45) is 5.10 Å². The van der Waals surface area contributed by atoms with E-state index in [1.807, 2.05) is 54.6 Å². The number of hydrogen-bond donors (Lipinski definition) is 1. The Balaban J connectivity index is 1.57. The number of ether oxygens (including phenoxy) is 1. The van der Waals surface area contributed by atoms with Crippen LogP contribution < -0.4 is 10.2 Å². The molecule has 1 amide bonds. The molecule has 0 saturated heterocycles. The van der Waals surface area contributed by atoms with Crippen molar-refractivity contribution < 1.29 is 9.53 Å². The van der Waals surface area contributed by atoms with Gasteiger partial charge in [0.05, 0.1) is 12.6 Å². The third-order valence-corrected chi connectivity index (χ3v) is 4.03. The lowest BCUT2D eigenvalue weighted by atomic mass is 10.1. The molecule has 3 rings (SSSR count). The number of nitrogens with one attached hydrogen (secondary N) is 1. The van der Waals surface area contributed by atoms with E-state index >= 15 is 0 Å². The van der Waals surface area contributed by atoms with Crippen LogP contribution in [0, 0.1) is 6.92 Å². The average molecular weight is 358 g/mol. The van der Waals surface area contributed by atoms with Crippen LogP contribution in [0.25, 0.3) is 0 Å². The van der Waals surface area contributed by atoms with E-state index in [2.05, 4.69) is 41.7 Å². The van der Waals surface area contributed by atoms with Gasteiger partial charge in [0.2, 0.25) is 5.91 Å². The van der Waals surface area contributed by atoms with Gasteiger partial charge < -0.3 is 4.74 Å². The van der Waals surface area contributed by atoms with Gasteiger partial charge in [-0.25, -0.2) is 5.43 Å². The Bertz CT molecular complexity index is 903. The van der Waals surface area contributed by atoms with Crippen molar-refractivity contribution in [1.29, 1.82) is 0 Å². The largest absolute Gasteiger partial charge is 0.488 e. The molecule has 0 aliphatic rings. The molecule has 0 aliphatic carbocycles. The molecule has 27 heavy (non-hydrogen) atoms. The Labute approximate surface area is 159 Å². The molecule has 136 valence electrons. The van der Waals surface area contributed by atoms with Crippen molar-refractivity contribution in [2.75, 3.05) is 0 Å². The summed E-state index contributed by atoms with van der Waals surface area (Å²) in [6, 6.07) is 25.4. The third-order valence-electron chi connectivity index (χ3n) is 4.03. The number of amides is 1. The van der Waals surface area contributed by atoms with Crippen LogP contribution >= 0.6 is 0 Å². The average Bonchev–Trinajstić information content (AvgIpc) is 2.69. The summed E-state index contributed by atoms with van der Waals surface area (Å²) in [5.74, 6) is 0.564. The molecule has 0 aliphatic heterocycles. The molecule has 0 heterocycles. The van der Waals surface area contributed by atoms with Crippen molar-refractivity contribution in [3.05, 3.63) is 101 Å². The van der Waals surface area contributed by atoms with Gasteiger partial charge in [-0.1, -0.05) is 72.3 Å². The lowest BCUT2D eigenvalue weighted by molar-refractivity contribution is -0.120. The number of aryl methyl sites for hydroxylation is 1. The van der Waals surface area contributed by atoms with Crippen LogP contribution in [-0.4, -0.2) is 12.1 Å². The van der Waals surface area contributed by atoms with Gasteiger partial charge in [0, 0.05) is 5.56 Å². The highest BCUT2D eigenvalue weighted by Crippen LogP contribution is 2.17. The fourth-order valence-corrected chi connectivity index (χ4v) is 2.56. The van der Waals surface area contributed by atoms with E-state index < -0.39 is 0 Å². The standard InChI is InChI=1S/C23H22N2O2/c1-18-11-13-20(14-12-18)17-27-22-10-6-5-9-21(22)16-24-25-23(26)15-19-7-3-2-4-8-19/h2-14,16H,15,17H2,1H3,(H,25,26)/b24-16-. The second-order valence-electron chi connectivity index (χ2n) is 6.27. The summed E-state index contributed by atoms with van der Waals surface area (Å²) in [6.45, 7) is 2.54. The van der Waals surface area contributed by atoms with Crippen molar-refractivity contribution >= 4 is 12.1 Å². The summed E-state index contributed by atoms with van der Waals surface area (Å²) in [4.78, 5) is 12.0.